The highest BCUT2D eigenvalue weighted by Crippen LogP contribution is 2.25. The quantitative estimate of drug-likeness (QED) is 0.875. The molecule has 142 valence electrons. The minimum atomic E-state index is -0.0497. The number of nitrogens with zero attached hydrogens (tertiary/aromatic N) is 3. The SMILES string of the molecule is CC(=O)N1CCN(C(=O)NC[C@H](c2ccc(Cl)cc2)N2CCCC2)CC1. The van der Waals surface area contributed by atoms with Crippen molar-refractivity contribution in [1.82, 2.24) is 20.0 Å². The lowest BCUT2D eigenvalue weighted by molar-refractivity contribution is -0.130. The number of benzene rings is 1. The minimum Gasteiger partial charge on any atom is -0.339 e. The van der Waals surface area contributed by atoms with Crippen LogP contribution >= 0.6 is 11.6 Å². The molecule has 0 saturated carbocycles. The van der Waals surface area contributed by atoms with Crippen LogP contribution in [0.5, 0.6) is 0 Å². The average Bonchev–Trinajstić information content (AvgIpc) is 3.17. The molecular weight excluding hydrogens is 352 g/mol. The van der Waals surface area contributed by atoms with E-state index in [1.54, 1.807) is 16.7 Å². The zero-order valence-electron chi connectivity index (χ0n) is 15.3. The van der Waals surface area contributed by atoms with Gasteiger partial charge in [-0.15, -0.1) is 0 Å². The van der Waals surface area contributed by atoms with E-state index in [1.807, 2.05) is 24.3 Å². The second-order valence-electron chi connectivity index (χ2n) is 6.99. The molecule has 1 atom stereocenters. The molecule has 2 heterocycles. The van der Waals surface area contributed by atoms with E-state index in [0.29, 0.717) is 32.7 Å². The summed E-state index contributed by atoms with van der Waals surface area (Å²) in [5.41, 5.74) is 1.18. The van der Waals surface area contributed by atoms with Crippen molar-refractivity contribution >= 4 is 23.5 Å². The molecule has 2 aliphatic rings. The van der Waals surface area contributed by atoms with Crippen LogP contribution in [0.3, 0.4) is 0 Å². The maximum Gasteiger partial charge on any atom is 0.317 e. The van der Waals surface area contributed by atoms with Gasteiger partial charge in [-0.3, -0.25) is 9.69 Å². The molecule has 6 nitrogen and oxygen atoms in total. The smallest absolute Gasteiger partial charge is 0.317 e. The fraction of sp³-hybridized carbons (Fsp3) is 0.579. The summed E-state index contributed by atoms with van der Waals surface area (Å²) in [6.45, 7) is 6.64. The summed E-state index contributed by atoms with van der Waals surface area (Å²) in [6, 6.07) is 8.01. The lowest BCUT2D eigenvalue weighted by atomic mass is 10.1. The van der Waals surface area contributed by atoms with Gasteiger partial charge in [0.15, 0.2) is 0 Å². The summed E-state index contributed by atoms with van der Waals surface area (Å²) in [7, 11) is 0. The summed E-state index contributed by atoms with van der Waals surface area (Å²) in [5.74, 6) is 0.0712. The third-order valence-corrected chi connectivity index (χ3v) is 5.55. The van der Waals surface area contributed by atoms with Gasteiger partial charge in [-0.05, 0) is 43.6 Å². The van der Waals surface area contributed by atoms with Crippen LogP contribution in [0, 0.1) is 0 Å². The highest BCUT2D eigenvalue weighted by Gasteiger charge is 2.26. The van der Waals surface area contributed by atoms with Crippen LogP contribution in [0.15, 0.2) is 24.3 Å². The number of hydrogen-bond donors (Lipinski definition) is 1. The predicted octanol–water partition coefficient (Wildman–Crippen LogP) is 2.35. The molecular formula is C19H27ClN4O2. The molecule has 2 fully saturated rings. The molecule has 7 heteroatoms. The summed E-state index contributed by atoms with van der Waals surface area (Å²) in [6.07, 6.45) is 2.40. The predicted molar refractivity (Wildman–Crippen MR) is 102 cm³/mol. The Labute approximate surface area is 160 Å². The monoisotopic (exact) mass is 378 g/mol. The van der Waals surface area contributed by atoms with Gasteiger partial charge in [0, 0.05) is 44.7 Å². The molecule has 0 unspecified atom stereocenters. The molecule has 0 radical (unpaired) electrons. The molecule has 0 aliphatic carbocycles. The fourth-order valence-corrected chi connectivity index (χ4v) is 3.84. The Balaban J connectivity index is 1.58. The lowest BCUT2D eigenvalue weighted by Gasteiger charge is -2.35. The van der Waals surface area contributed by atoms with Crippen molar-refractivity contribution in [3.63, 3.8) is 0 Å². The number of rotatable bonds is 4. The van der Waals surface area contributed by atoms with E-state index in [0.717, 1.165) is 18.1 Å². The number of carbonyl (C=O) groups excluding carboxylic acids is 2. The first-order chi connectivity index (χ1) is 12.5. The van der Waals surface area contributed by atoms with Crippen molar-refractivity contribution in [3.8, 4) is 0 Å². The van der Waals surface area contributed by atoms with Crippen molar-refractivity contribution in [3.05, 3.63) is 34.9 Å². The van der Waals surface area contributed by atoms with Crippen molar-refractivity contribution in [2.75, 3.05) is 45.8 Å². The zero-order chi connectivity index (χ0) is 18.5. The van der Waals surface area contributed by atoms with Gasteiger partial charge in [0.2, 0.25) is 5.91 Å². The van der Waals surface area contributed by atoms with Crippen LogP contribution in [-0.2, 0) is 4.79 Å². The molecule has 0 bridgehead atoms. The van der Waals surface area contributed by atoms with Crippen LogP contribution in [0.4, 0.5) is 4.79 Å². The molecule has 0 spiro atoms. The first-order valence-electron chi connectivity index (χ1n) is 9.32. The molecule has 3 rings (SSSR count). The summed E-state index contributed by atoms with van der Waals surface area (Å²) >= 11 is 6.02. The molecule has 1 aromatic rings. The van der Waals surface area contributed by atoms with Crippen LogP contribution in [-0.4, -0.2) is 72.5 Å². The number of hydrogen-bond acceptors (Lipinski definition) is 3. The highest BCUT2D eigenvalue weighted by atomic mass is 35.5. The molecule has 0 aromatic heterocycles. The first-order valence-corrected chi connectivity index (χ1v) is 9.70. The van der Waals surface area contributed by atoms with E-state index in [-0.39, 0.29) is 18.0 Å². The third kappa shape index (κ3) is 4.68. The van der Waals surface area contributed by atoms with Crippen molar-refractivity contribution in [2.24, 2.45) is 0 Å². The van der Waals surface area contributed by atoms with Gasteiger partial charge < -0.3 is 15.1 Å². The molecule has 26 heavy (non-hydrogen) atoms. The Hall–Kier alpha value is -1.79. The van der Waals surface area contributed by atoms with E-state index in [1.165, 1.54) is 18.4 Å². The van der Waals surface area contributed by atoms with Gasteiger partial charge in [-0.25, -0.2) is 4.79 Å². The maximum atomic E-state index is 12.6. The summed E-state index contributed by atoms with van der Waals surface area (Å²) in [5, 5.41) is 3.82. The number of likely N-dealkylation sites (tertiary alicyclic amines) is 1. The number of nitrogens with one attached hydrogen (secondary N) is 1. The largest absolute Gasteiger partial charge is 0.339 e. The first kappa shape index (κ1) is 19.0. The minimum absolute atomic E-state index is 0.0497. The van der Waals surface area contributed by atoms with Crippen molar-refractivity contribution in [2.45, 2.75) is 25.8 Å². The molecule has 2 aliphatic heterocycles. The van der Waals surface area contributed by atoms with Gasteiger partial charge in [0.25, 0.3) is 0 Å². The van der Waals surface area contributed by atoms with Gasteiger partial charge in [0.1, 0.15) is 0 Å². The van der Waals surface area contributed by atoms with Crippen LogP contribution in [0.1, 0.15) is 31.4 Å². The van der Waals surface area contributed by atoms with E-state index < -0.39 is 0 Å². The molecule has 2 saturated heterocycles. The number of urea groups is 1. The van der Waals surface area contributed by atoms with Crippen LogP contribution in [0.25, 0.3) is 0 Å². The Morgan fingerprint density at radius 1 is 1.00 bits per heavy atom. The lowest BCUT2D eigenvalue weighted by Crippen LogP contribution is -2.53. The molecule has 1 aromatic carbocycles. The zero-order valence-corrected chi connectivity index (χ0v) is 16.0. The Morgan fingerprint density at radius 2 is 1.58 bits per heavy atom. The van der Waals surface area contributed by atoms with Crippen LogP contribution < -0.4 is 5.32 Å². The van der Waals surface area contributed by atoms with Crippen molar-refractivity contribution in [1.29, 1.82) is 0 Å². The molecule has 1 N–H and O–H groups in total. The maximum absolute atomic E-state index is 12.6. The normalized spacial score (nSPS) is 19.5. The fourth-order valence-electron chi connectivity index (χ4n) is 3.72. The second kappa shape index (κ2) is 8.73. The topological polar surface area (TPSA) is 55.9 Å². The Kier molecular flexibility index (Phi) is 6.38. The second-order valence-corrected chi connectivity index (χ2v) is 7.43. The average molecular weight is 379 g/mol. The van der Waals surface area contributed by atoms with Gasteiger partial charge in [-0.2, -0.15) is 0 Å². The van der Waals surface area contributed by atoms with E-state index in [4.69, 9.17) is 11.6 Å². The van der Waals surface area contributed by atoms with Gasteiger partial charge in [-0.1, -0.05) is 23.7 Å². The third-order valence-electron chi connectivity index (χ3n) is 5.30. The van der Waals surface area contributed by atoms with Crippen LogP contribution in [0.2, 0.25) is 5.02 Å². The Morgan fingerprint density at radius 3 is 2.15 bits per heavy atom. The van der Waals surface area contributed by atoms with E-state index >= 15 is 0 Å². The van der Waals surface area contributed by atoms with Crippen molar-refractivity contribution < 1.29 is 9.59 Å². The number of piperazine rings is 1. The molecule has 3 amide bonds. The number of halogens is 1. The number of amides is 3. The summed E-state index contributed by atoms with van der Waals surface area (Å²) in [4.78, 5) is 30.0. The number of carbonyl (C=O) groups is 2. The Bertz CT molecular complexity index is 623. The van der Waals surface area contributed by atoms with Gasteiger partial charge in [0.05, 0.1) is 6.04 Å². The standard InChI is InChI=1S/C19H27ClN4O2/c1-15(25)22-10-12-24(13-11-22)19(26)21-14-18(23-8-2-3-9-23)16-4-6-17(20)7-5-16/h4-7,18H,2-3,8-14H2,1H3,(H,21,26)/t18-/m1/s1. The van der Waals surface area contributed by atoms with Gasteiger partial charge >= 0.3 is 6.03 Å². The highest BCUT2D eigenvalue weighted by molar-refractivity contribution is 6.30. The van der Waals surface area contributed by atoms with E-state index in [9.17, 15) is 9.59 Å². The summed E-state index contributed by atoms with van der Waals surface area (Å²) < 4.78 is 0. The van der Waals surface area contributed by atoms with E-state index in [2.05, 4.69) is 10.2 Å².